The standard InChI is InChI=1S/C13H18FN3/c1-7(2)9(4)17-12-5-8(3)10(14)6-11(12)16-13(17)15/h5-7,9H,1-4H3,(H2,15,16). The molecule has 0 bridgehead atoms. The number of benzene rings is 1. The fourth-order valence-electron chi connectivity index (χ4n) is 1.97. The minimum Gasteiger partial charge on any atom is -0.369 e. The fraction of sp³-hybridized carbons (Fsp3) is 0.462. The molecule has 1 aromatic heterocycles. The van der Waals surface area contributed by atoms with Crippen LogP contribution in [0.3, 0.4) is 0 Å². The maximum Gasteiger partial charge on any atom is 0.201 e. The van der Waals surface area contributed by atoms with Crippen molar-refractivity contribution < 1.29 is 4.39 Å². The van der Waals surface area contributed by atoms with Crippen molar-refractivity contribution in [1.29, 1.82) is 0 Å². The van der Waals surface area contributed by atoms with Gasteiger partial charge in [-0.3, -0.25) is 0 Å². The molecule has 1 aromatic carbocycles. The van der Waals surface area contributed by atoms with E-state index in [-0.39, 0.29) is 11.9 Å². The molecule has 0 radical (unpaired) electrons. The molecule has 0 amide bonds. The van der Waals surface area contributed by atoms with E-state index in [4.69, 9.17) is 5.73 Å². The van der Waals surface area contributed by atoms with Gasteiger partial charge >= 0.3 is 0 Å². The van der Waals surface area contributed by atoms with Crippen LogP contribution in [0.1, 0.15) is 32.4 Å². The Balaban J connectivity index is 2.70. The molecule has 0 aliphatic carbocycles. The van der Waals surface area contributed by atoms with Gasteiger partial charge in [-0.2, -0.15) is 0 Å². The monoisotopic (exact) mass is 235 g/mol. The lowest BCUT2D eigenvalue weighted by molar-refractivity contribution is 0.421. The topological polar surface area (TPSA) is 43.8 Å². The van der Waals surface area contributed by atoms with Crippen molar-refractivity contribution >= 4 is 17.0 Å². The Morgan fingerprint density at radius 3 is 2.53 bits per heavy atom. The van der Waals surface area contributed by atoms with Crippen molar-refractivity contribution in [2.45, 2.75) is 33.7 Å². The zero-order valence-corrected chi connectivity index (χ0v) is 10.7. The number of hydrogen-bond donors (Lipinski definition) is 1. The summed E-state index contributed by atoms with van der Waals surface area (Å²) in [6, 6.07) is 3.50. The van der Waals surface area contributed by atoms with E-state index in [0.717, 1.165) is 5.52 Å². The van der Waals surface area contributed by atoms with E-state index in [9.17, 15) is 4.39 Å². The van der Waals surface area contributed by atoms with Crippen LogP contribution in [0.5, 0.6) is 0 Å². The number of nitrogens with two attached hydrogens (primary N) is 1. The molecule has 0 spiro atoms. The Hall–Kier alpha value is -1.58. The third-order valence-corrected chi connectivity index (χ3v) is 3.37. The van der Waals surface area contributed by atoms with Crippen molar-refractivity contribution in [2.24, 2.45) is 5.92 Å². The fourth-order valence-corrected chi connectivity index (χ4v) is 1.97. The van der Waals surface area contributed by atoms with Gasteiger partial charge < -0.3 is 10.3 Å². The second-order valence-corrected chi connectivity index (χ2v) is 4.91. The van der Waals surface area contributed by atoms with Gasteiger partial charge in [-0.25, -0.2) is 9.37 Å². The maximum atomic E-state index is 13.5. The Bertz CT molecular complexity index is 557. The van der Waals surface area contributed by atoms with E-state index in [1.165, 1.54) is 6.07 Å². The predicted octanol–water partition coefficient (Wildman–Crippen LogP) is 3.28. The van der Waals surface area contributed by atoms with Crippen molar-refractivity contribution in [1.82, 2.24) is 9.55 Å². The van der Waals surface area contributed by atoms with Gasteiger partial charge in [0.25, 0.3) is 0 Å². The molecule has 0 saturated heterocycles. The average Bonchev–Trinajstić information content (AvgIpc) is 2.53. The first-order chi connectivity index (χ1) is 7.91. The molecule has 17 heavy (non-hydrogen) atoms. The highest BCUT2D eigenvalue weighted by atomic mass is 19.1. The van der Waals surface area contributed by atoms with Crippen molar-refractivity contribution in [3.05, 3.63) is 23.5 Å². The summed E-state index contributed by atoms with van der Waals surface area (Å²) >= 11 is 0. The van der Waals surface area contributed by atoms with Crippen LogP contribution in [-0.4, -0.2) is 9.55 Å². The highest BCUT2D eigenvalue weighted by Gasteiger charge is 2.17. The Morgan fingerprint density at radius 1 is 1.29 bits per heavy atom. The van der Waals surface area contributed by atoms with Crippen molar-refractivity contribution in [2.75, 3.05) is 5.73 Å². The molecular formula is C13H18FN3. The molecule has 92 valence electrons. The summed E-state index contributed by atoms with van der Waals surface area (Å²) in [7, 11) is 0. The van der Waals surface area contributed by atoms with Crippen molar-refractivity contribution in [3.8, 4) is 0 Å². The number of nitrogens with zero attached hydrogens (tertiary/aromatic N) is 2. The minimum atomic E-state index is -0.237. The SMILES string of the molecule is Cc1cc2c(cc1F)nc(N)n2C(C)C(C)C. The first-order valence-electron chi connectivity index (χ1n) is 5.85. The highest BCUT2D eigenvalue weighted by molar-refractivity contribution is 5.79. The number of aromatic nitrogens is 2. The largest absolute Gasteiger partial charge is 0.369 e. The summed E-state index contributed by atoms with van der Waals surface area (Å²) in [5, 5.41) is 0. The molecule has 2 rings (SSSR count). The average molecular weight is 235 g/mol. The van der Waals surface area contributed by atoms with Crippen LogP contribution < -0.4 is 5.73 Å². The summed E-state index contributed by atoms with van der Waals surface area (Å²) in [6.45, 7) is 8.11. The van der Waals surface area contributed by atoms with Gasteiger partial charge in [0, 0.05) is 12.1 Å². The van der Waals surface area contributed by atoms with Crippen LogP contribution in [0, 0.1) is 18.7 Å². The summed E-state index contributed by atoms with van der Waals surface area (Å²) in [6.07, 6.45) is 0. The minimum absolute atomic E-state index is 0.237. The van der Waals surface area contributed by atoms with E-state index >= 15 is 0 Å². The lowest BCUT2D eigenvalue weighted by Gasteiger charge is -2.19. The van der Waals surface area contributed by atoms with Gasteiger partial charge in [-0.15, -0.1) is 0 Å². The van der Waals surface area contributed by atoms with E-state index < -0.39 is 0 Å². The summed E-state index contributed by atoms with van der Waals surface area (Å²) in [4.78, 5) is 4.22. The Kier molecular flexibility index (Phi) is 2.81. The number of aryl methyl sites for hydroxylation is 1. The third-order valence-electron chi connectivity index (χ3n) is 3.37. The normalized spacial score (nSPS) is 13.5. The molecule has 2 N–H and O–H groups in total. The number of nitrogen functional groups attached to an aromatic ring is 1. The zero-order chi connectivity index (χ0) is 12.7. The Morgan fingerprint density at radius 2 is 1.94 bits per heavy atom. The molecule has 2 aromatic rings. The second-order valence-electron chi connectivity index (χ2n) is 4.91. The predicted molar refractivity (Wildman–Crippen MR) is 68.4 cm³/mol. The second kappa shape index (κ2) is 4.02. The molecule has 0 aliphatic heterocycles. The molecule has 3 nitrogen and oxygen atoms in total. The van der Waals surface area contributed by atoms with Gasteiger partial charge in [-0.05, 0) is 31.4 Å². The van der Waals surface area contributed by atoms with Crippen LogP contribution in [0.15, 0.2) is 12.1 Å². The number of halogens is 1. The molecular weight excluding hydrogens is 217 g/mol. The van der Waals surface area contributed by atoms with Gasteiger partial charge in [0.1, 0.15) is 5.82 Å². The van der Waals surface area contributed by atoms with Crippen molar-refractivity contribution in [3.63, 3.8) is 0 Å². The number of fused-ring (bicyclic) bond motifs is 1. The van der Waals surface area contributed by atoms with Crippen LogP contribution in [0.4, 0.5) is 10.3 Å². The summed E-state index contributed by atoms with van der Waals surface area (Å²) in [5.74, 6) is 0.658. The smallest absolute Gasteiger partial charge is 0.201 e. The number of rotatable bonds is 2. The third kappa shape index (κ3) is 1.88. The van der Waals surface area contributed by atoms with E-state index in [1.54, 1.807) is 6.92 Å². The molecule has 0 saturated carbocycles. The van der Waals surface area contributed by atoms with Crippen LogP contribution in [0.25, 0.3) is 11.0 Å². The molecule has 1 atom stereocenters. The van der Waals surface area contributed by atoms with Gasteiger partial charge in [0.15, 0.2) is 0 Å². The lowest BCUT2D eigenvalue weighted by atomic mass is 10.1. The van der Waals surface area contributed by atoms with Crippen LogP contribution in [0.2, 0.25) is 0 Å². The first-order valence-corrected chi connectivity index (χ1v) is 5.85. The van der Waals surface area contributed by atoms with E-state index in [2.05, 4.69) is 25.8 Å². The highest BCUT2D eigenvalue weighted by Crippen LogP contribution is 2.28. The molecule has 4 heteroatoms. The molecule has 1 unspecified atom stereocenters. The molecule has 0 fully saturated rings. The van der Waals surface area contributed by atoms with Gasteiger partial charge in [-0.1, -0.05) is 13.8 Å². The van der Waals surface area contributed by atoms with Crippen LogP contribution in [-0.2, 0) is 0 Å². The molecule has 0 aliphatic rings. The summed E-state index contributed by atoms with van der Waals surface area (Å²) in [5.41, 5.74) is 8.07. The lowest BCUT2D eigenvalue weighted by Crippen LogP contribution is -2.14. The van der Waals surface area contributed by atoms with Crippen LogP contribution >= 0.6 is 0 Å². The number of hydrogen-bond acceptors (Lipinski definition) is 2. The maximum absolute atomic E-state index is 13.5. The van der Waals surface area contributed by atoms with E-state index in [1.807, 2.05) is 10.6 Å². The summed E-state index contributed by atoms with van der Waals surface area (Å²) < 4.78 is 15.4. The van der Waals surface area contributed by atoms with E-state index in [0.29, 0.717) is 22.9 Å². The quantitative estimate of drug-likeness (QED) is 0.868. The zero-order valence-electron chi connectivity index (χ0n) is 10.7. The number of anilines is 1. The van der Waals surface area contributed by atoms with Gasteiger partial charge in [0.05, 0.1) is 11.0 Å². The van der Waals surface area contributed by atoms with Gasteiger partial charge in [0.2, 0.25) is 5.95 Å². The molecule has 1 heterocycles. The first kappa shape index (κ1) is 11.9. The Labute approximate surface area is 100 Å². The number of imidazole rings is 1.